The fraction of sp³-hybridized carbons (Fsp3) is 1.00. The van der Waals surface area contributed by atoms with Gasteiger partial charge in [0.05, 0.1) is 4.58 Å². The molecule has 2 rings (SSSR count). The number of thioether (sulfide) groups is 2. The maximum atomic E-state index is 3.70. The number of rotatable bonds is 1. The largest absolute Gasteiger partial charge is 0.312 e. The molecule has 2 unspecified atom stereocenters. The first-order chi connectivity index (χ1) is 6.38. The predicted molar refractivity (Wildman–Crippen MR) is 63.5 cm³/mol. The summed E-state index contributed by atoms with van der Waals surface area (Å²) in [6, 6.07) is 0.782. The van der Waals surface area contributed by atoms with E-state index in [1.54, 1.807) is 0 Å². The minimum Gasteiger partial charge on any atom is -0.312 e. The van der Waals surface area contributed by atoms with Crippen molar-refractivity contribution >= 4 is 23.5 Å². The Morgan fingerprint density at radius 2 is 1.92 bits per heavy atom. The summed E-state index contributed by atoms with van der Waals surface area (Å²) < 4.78 is 0.837. The lowest BCUT2D eigenvalue weighted by molar-refractivity contribution is 0.315. The maximum absolute atomic E-state index is 3.70. The number of hydrogen-bond acceptors (Lipinski definition) is 3. The van der Waals surface area contributed by atoms with Gasteiger partial charge in [-0.2, -0.15) is 0 Å². The Hall–Kier alpha value is 0.660. The summed E-state index contributed by atoms with van der Waals surface area (Å²) in [5, 5.41) is 3.70. The first kappa shape index (κ1) is 10.2. The summed E-state index contributed by atoms with van der Waals surface area (Å²) in [4.78, 5) is 0. The molecule has 2 heterocycles. The molecule has 0 bridgehead atoms. The normalized spacial score (nSPS) is 37.6. The van der Waals surface area contributed by atoms with Crippen LogP contribution in [0.4, 0.5) is 0 Å². The number of hydrogen-bond donors (Lipinski definition) is 1. The minimum absolute atomic E-state index is 0.782. The molecule has 76 valence electrons. The molecule has 0 spiro atoms. The highest BCUT2D eigenvalue weighted by Gasteiger charge is 2.30. The van der Waals surface area contributed by atoms with Crippen LogP contribution in [0.5, 0.6) is 0 Å². The molecule has 1 nitrogen and oxygen atoms in total. The second-order valence-electron chi connectivity index (χ2n) is 4.06. The Balaban J connectivity index is 1.88. The topological polar surface area (TPSA) is 12.0 Å². The molecule has 2 aliphatic rings. The van der Waals surface area contributed by atoms with E-state index in [-0.39, 0.29) is 0 Å². The maximum Gasteiger partial charge on any atom is 0.0657 e. The van der Waals surface area contributed by atoms with E-state index in [0.717, 1.165) is 16.5 Å². The molecular weight excluding hydrogens is 198 g/mol. The molecule has 0 radical (unpaired) electrons. The molecule has 0 amide bonds. The van der Waals surface area contributed by atoms with Crippen LogP contribution in [0.25, 0.3) is 0 Å². The molecule has 1 N–H and O–H groups in total. The zero-order valence-corrected chi connectivity index (χ0v) is 9.92. The van der Waals surface area contributed by atoms with E-state index in [4.69, 9.17) is 0 Å². The van der Waals surface area contributed by atoms with Crippen LogP contribution in [0.1, 0.15) is 26.2 Å². The monoisotopic (exact) mass is 217 g/mol. The highest BCUT2D eigenvalue weighted by molar-refractivity contribution is 8.17. The van der Waals surface area contributed by atoms with E-state index in [1.807, 2.05) is 0 Å². The zero-order chi connectivity index (χ0) is 9.10. The van der Waals surface area contributed by atoms with Crippen molar-refractivity contribution in [1.82, 2.24) is 5.32 Å². The average Bonchev–Trinajstić information content (AvgIpc) is 2.20. The standard InChI is InChI=1S/C10H19NS2/c1-8-4-2-5-11-9(8)10-12-6-3-7-13-10/h8-11H,2-7H2,1H3. The third-order valence-electron chi connectivity index (χ3n) is 2.98. The van der Waals surface area contributed by atoms with Crippen LogP contribution in [-0.4, -0.2) is 28.7 Å². The lowest BCUT2D eigenvalue weighted by Crippen LogP contribution is -2.46. The van der Waals surface area contributed by atoms with Crippen molar-refractivity contribution < 1.29 is 0 Å². The zero-order valence-electron chi connectivity index (χ0n) is 8.29. The Morgan fingerprint density at radius 3 is 2.62 bits per heavy atom. The smallest absolute Gasteiger partial charge is 0.0657 e. The lowest BCUT2D eigenvalue weighted by atomic mass is 9.94. The van der Waals surface area contributed by atoms with Crippen molar-refractivity contribution in [3.05, 3.63) is 0 Å². The number of nitrogens with one attached hydrogen (secondary N) is 1. The summed E-state index contributed by atoms with van der Waals surface area (Å²) in [6.07, 6.45) is 4.21. The van der Waals surface area contributed by atoms with Crippen LogP contribution in [0.3, 0.4) is 0 Å². The molecule has 0 aromatic rings. The van der Waals surface area contributed by atoms with Crippen molar-refractivity contribution in [3.8, 4) is 0 Å². The molecular formula is C10H19NS2. The van der Waals surface area contributed by atoms with Crippen molar-refractivity contribution in [3.63, 3.8) is 0 Å². The first-order valence-corrected chi connectivity index (χ1v) is 7.44. The number of piperidine rings is 1. The van der Waals surface area contributed by atoms with E-state index in [9.17, 15) is 0 Å². The minimum atomic E-state index is 0.782. The van der Waals surface area contributed by atoms with Crippen molar-refractivity contribution in [2.24, 2.45) is 5.92 Å². The summed E-state index contributed by atoms with van der Waals surface area (Å²) >= 11 is 4.35. The van der Waals surface area contributed by atoms with E-state index in [1.165, 1.54) is 37.3 Å². The fourth-order valence-electron chi connectivity index (χ4n) is 2.15. The highest BCUT2D eigenvalue weighted by atomic mass is 32.2. The van der Waals surface area contributed by atoms with Gasteiger partial charge in [-0.05, 0) is 43.2 Å². The Kier molecular flexibility index (Phi) is 3.87. The molecule has 3 heteroatoms. The first-order valence-electron chi connectivity index (χ1n) is 5.34. The van der Waals surface area contributed by atoms with Crippen molar-refractivity contribution in [2.75, 3.05) is 18.1 Å². The molecule has 13 heavy (non-hydrogen) atoms. The quantitative estimate of drug-likeness (QED) is 0.725. The molecule has 0 aromatic carbocycles. The Morgan fingerprint density at radius 1 is 1.15 bits per heavy atom. The van der Waals surface area contributed by atoms with Gasteiger partial charge in [0.2, 0.25) is 0 Å². The Labute approximate surface area is 89.8 Å². The van der Waals surface area contributed by atoms with Gasteiger partial charge in [0, 0.05) is 6.04 Å². The van der Waals surface area contributed by atoms with E-state index >= 15 is 0 Å². The van der Waals surface area contributed by atoms with E-state index in [2.05, 4.69) is 35.8 Å². The van der Waals surface area contributed by atoms with Gasteiger partial charge in [-0.25, -0.2) is 0 Å². The van der Waals surface area contributed by atoms with Crippen LogP contribution in [0, 0.1) is 5.92 Å². The van der Waals surface area contributed by atoms with Gasteiger partial charge in [-0.1, -0.05) is 6.92 Å². The summed E-state index contributed by atoms with van der Waals surface area (Å²) in [5.74, 6) is 3.64. The second-order valence-corrected chi connectivity index (χ2v) is 6.86. The van der Waals surface area contributed by atoms with Crippen LogP contribution < -0.4 is 5.32 Å². The summed E-state index contributed by atoms with van der Waals surface area (Å²) in [7, 11) is 0. The third-order valence-corrected chi connectivity index (χ3v) is 6.08. The van der Waals surface area contributed by atoms with Crippen LogP contribution in [0.2, 0.25) is 0 Å². The van der Waals surface area contributed by atoms with Gasteiger partial charge in [0.15, 0.2) is 0 Å². The van der Waals surface area contributed by atoms with Crippen molar-refractivity contribution in [1.29, 1.82) is 0 Å². The molecule has 2 saturated heterocycles. The van der Waals surface area contributed by atoms with E-state index < -0.39 is 0 Å². The third kappa shape index (κ3) is 2.57. The molecule has 0 aromatic heterocycles. The summed E-state index contributed by atoms with van der Waals surface area (Å²) in [5.41, 5.74) is 0. The average molecular weight is 217 g/mol. The van der Waals surface area contributed by atoms with Crippen LogP contribution in [0.15, 0.2) is 0 Å². The molecule has 2 atom stereocenters. The van der Waals surface area contributed by atoms with Gasteiger partial charge >= 0.3 is 0 Å². The fourth-order valence-corrected chi connectivity index (χ4v) is 5.53. The SMILES string of the molecule is CC1CCCNC1C1SCCCS1. The molecule has 0 saturated carbocycles. The van der Waals surface area contributed by atoms with Gasteiger partial charge in [-0.15, -0.1) is 23.5 Å². The van der Waals surface area contributed by atoms with Gasteiger partial charge in [0.25, 0.3) is 0 Å². The van der Waals surface area contributed by atoms with Crippen LogP contribution in [-0.2, 0) is 0 Å². The summed E-state index contributed by atoms with van der Waals surface area (Å²) in [6.45, 7) is 3.65. The van der Waals surface area contributed by atoms with Gasteiger partial charge in [0.1, 0.15) is 0 Å². The van der Waals surface area contributed by atoms with Crippen LogP contribution >= 0.6 is 23.5 Å². The molecule has 0 aliphatic carbocycles. The molecule has 2 fully saturated rings. The highest BCUT2D eigenvalue weighted by Crippen LogP contribution is 2.37. The van der Waals surface area contributed by atoms with Gasteiger partial charge in [-0.3, -0.25) is 0 Å². The predicted octanol–water partition coefficient (Wildman–Crippen LogP) is 2.57. The van der Waals surface area contributed by atoms with Crippen molar-refractivity contribution in [2.45, 2.75) is 36.8 Å². The molecule has 2 aliphatic heterocycles. The van der Waals surface area contributed by atoms with Gasteiger partial charge < -0.3 is 5.32 Å². The Bertz CT molecular complexity index is 157. The second kappa shape index (κ2) is 4.94. The van der Waals surface area contributed by atoms with E-state index in [0.29, 0.717) is 0 Å². The lowest BCUT2D eigenvalue weighted by Gasteiger charge is -2.37.